The highest BCUT2D eigenvalue weighted by Gasteiger charge is 2.34. The van der Waals surface area contributed by atoms with Crippen molar-refractivity contribution >= 4 is 23.4 Å². The Labute approximate surface area is 184 Å². The average Bonchev–Trinajstić information content (AvgIpc) is 3.36. The number of ether oxygens (including phenoxy) is 1. The predicted molar refractivity (Wildman–Crippen MR) is 114 cm³/mol. The molecule has 0 radical (unpaired) electrons. The van der Waals surface area contributed by atoms with Crippen molar-refractivity contribution in [3.63, 3.8) is 0 Å². The van der Waals surface area contributed by atoms with E-state index < -0.39 is 0 Å². The van der Waals surface area contributed by atoms with Crippen LogP contribution in [-0.2, 0) is 24.4 Å². The van der Waals surface area contributed by atoms with Gasteiger partial charge in [0.2, 0.25) is 5.91 Å². The van der Waals surface area contributed by atoms with Gasteiger partial charge in [-0.1, -0.05) is 17.3 Å². The molecule has 0 atom stereocenters. The zero-order valence-electron chi connectivity index (χ0n) is 17.3. The summed E-state index contributed by atoms with van der Waals surface area (Å²) in [7, 11) is 0. The molecule has 0 unspecified atom stereocenters. The molecule has 1 aromatic heterocycles. The van der Waals surface area contributed by atoms with Crippen LogP contribution < -0.4 is 10.1 Å². The van der Waals surface area contributed by atoms with Gasteiger partial charge in [0, 0.05) is 25.2 Å². The van der Waals surface area contributed by atoms with E-state index in [9.17, 15) is 14.4 Å². The minimum Gasteiger partial charge on any atom is -0.487 e. The molecule has 0 saturated heterocycles. The third-order valence-corrected chi connectivity index (χ3v) is 5.59. The molecule has 162 valence electrons. The van der Waals surface area contributed by atoms with E-state index in [2.05, 4.69) is 15.6 Å². The van der Waals surface area contributed by atoms with E-state index in [1.807, 2.05) is 18.2 Å². The van der Waals surface area contributed by atoms with E-state index in [4.69, 9.17) is 4.74 Å². The number of hydrogen-bond donors (Lipinski definition) is 1. The second-order valence-electron chi connectivity index (χ2n) is 7.79. The smallest absolute Gasteiger partial charge is 0.261 e. The first kappa shape index (κ1) is 19.9. The van der Waals surface area contributed by atoms with Gasteiger partial charge in [0.05, 0.1) is 17.3 Å². The van der Waals surface area contributed by atoms with Crippen LogP contribution in [0.25, 0.3) is 0 Å². The number of rotatable bonds is 7. The standard InChI is InChI=1S/C23H21N5O4/c29-21-9-6-15-12-17(7-8-20(15)24-21)32-14-16-13-27(26-25-16)10-3-11-28-22(30)18-4-1-2-5-19(18)23(28)31/h1-2,4-5,7-8,12-13H,3,6,9-11,14H2,(H,24,29). The third kappa shape index (κ3) is 3.84. The first-order valence-corrected chi connectivity index (χ1v) is 10.5. The summed E-state index contributed by atoms with van der Waals surface area (Å²) in [5, 5.41) is 11.1. The Hall–Kier alpha value is -4.01. The van der Waals surface area contributed by atoms with Crippen molar-refractivity contribution < 1.29 is 19.1 Å². The quantitative estimate of drug-likeness (QED) is 0.576. The maximum Gasteiger partial charge on any atom is 0.261 e. The fraction of sp³-hybridized carbons (Fsp3) is 0.261. The molecule has 3 aromatic rings. The second-order valence-corrected chi connectivity index (χ2v) is 7.79. The van der Waals surface area contributed by atoms with E-state index in [0.29, 0.717) is 54.9 Å². The van der Waals surface area contributed by atoms with Gasteiger partial charge < -0.3 is 10.1 Å². The predicted octanol–water partition coefficient (Wildman–Crippen LogP) is 2.43. The van der Waals surface area contributed by atoms with Crippen LogP contribution in [0.4, 0.5) is 5.69 Å². The second kappa shape index (κ2) is 8.26. The van der Waals surface area contributed by atoms with E-state index >= 15 is 0 Å². The first-order valence-electron chi connectivity index (χ1n) is 10.5. The fourth-order valence-electron chi connectivity index (χ4n) is 3.95. The number of aromatic nitrogens is 3. The molecule has 9 nitrogen and oxygen atoms in total. The maximum absolute atomic E-state index is 12.4. The number of carbonyl (C=O) groups is 3. The third-order valence-electron chi connectivity index (χ3n) is 5.59. The molecular weight excluding hydrogens is 410 g/mol. The van der Waals surface area contributed by atoms with Crippen LogP contribution in [0.2, 0.25) is 0 Å². The lowest BCUT2D eigenvalue weighted by atomic mass is 10.0. The van der Waals surface area contributed by atoms with Gasteiger partial charge >= 0.3 is 0 Å². The minimum absolute atomic E-state index is 0.0331. The highest BCUT2D eigenvalue weighted by atomic mass is 16.5. The molecule has 2 aliphatic heterocycles. The van der Waals surface area contributed by atoms with Crippen molar-refractivity contribution in [1.82, 2.24) is 19.9 Å². The first-order chi connectivity index (χ1) is 15.6. The Kier molecular flexibility index (Phi) is 5.14. The molecule has 0 saturated carbocycles. The summed E-state index contributed by atoms with van der Waals surface area (Å²) in [6.07, 6.45) is 3.54. The van der Waals surface area contributed by atoms with Crippen LogP contribution in [0.5, 0.6) is 5.75 Å². The van der Waals surface area contributed by atoms with Crippen molar-refractivity contribution in [2.75, 3.05) is 11.9 Å². The molecule has 0 fully saturated rings. The Morgan fingerprint density at radius 3 is 2.53 bits per heavy atom. The number of fused-ring (bicyclic) bond motifs is 2. The van der Waals surface area contributed by atoms with Gasteiger partial charge in [0.15, 0.2) is 0 Å². The number of anilines is 1. The zero-order chi connectivity index (χ0) is 22.1. The van der Waals surface area contributed by atoms with E-state index in [0.717, 1.165) is 11.3 Å². The molecule has 2 aromatic carbocycles. The summed E-state index contributed by atoms with van der Waals surface area (Å²) in [5.74, 6) is 0.247. The fourth-order valence-corrected chi connectivity index (χ4v) is 3.95. The van der Waals surface area contributed by atoms with Crippen LogP contribution in [0.3, 0.4) is 0 Å². The monoisotopic (exact) mass is 431 g/mol. The molecule has 3 heterocycles. The van der Waals surface area contributed by atoms with Crippen molar-refractivity contribution in [3.8, 4) is 5.75 Å². The lowest BCUT2D eigenvalue weighted by Crippen LogP contribution is -2.31. The molecule has 9 heteroatoms. The number of imide groups is 1. The maximum atomic E-state index is 12.4. The summed E-state index contributed by atoms with van der Waals surface area (Å²) in [4.78, 5) is 37.6. The van der Waals surface area contributed by atoms with Crippen LogP contribution in [0.15, 0.2) is 48.7 Å². The van der Waals surface area contributed by atoms with Crippen LogP contribution in [0, 0.1) is 0 Å². The summed E-state index contributed by atoms with van der Waals surface area (Å²) < 4.78 is 7.50. The largest absolute Gasteiger partial charge is 0.487 e. The minimum atomic E-state index is -0.247. The van der Waals surface area contributed by atoms with Gasteiger partial charge in [0.1, 0.15) is 18.1 Å². The van der Waals surface area contributed by atoms with Crippen molar-refractivity contribution in [3.05, 3.63) is 71.0 Å². The van der Waals surface area contributed by atoms with Gasteiger partial charge in [-0.2, -0.15) is 0 Å². The molecular formula is C23H21N5O4. The van der Waals surface area contributed by atoms with Gasteiger partial charge in [-0.15, -0.1) is 5.10 Å². The van der Waals surface area contributed by atoms with Gasteiger partial charge in [-0.25, -0.2) is 0 Å². The van der Waals surface area contributed by atoms with Crippen LogP contribution in [0.1, 0.15) is 44.8 Å². The number of carbonyl (C=O) groups excluding carboxylic acids is 3. The summed E-state index contributed by atoms with van der Waals surface area (Å²) >= 11 is 0. The summed E-state index contributed by atoms with van der Waals surface area (Å²) in [6, 6.07) is 12.5. The van der Waals surface area contributed by atoms with Crippen LogP contribution >= 0.6 is 0 Å². The van der Waals surface area contributed by atoms with E-state index in [-0.39, 0.29) is 24.3 Å². The number of nitrogens with one attached hydrogen (secondary N) is 1. The van der Waals surface area contributed by atoms with Crippen LogP contribution in [-0.4, -0.2) is 44.2 Å². The Morgan fingerprint density at radius 1 is 0.969 bits per heavy atom. The van der Waals surface area contributed by atoms with Gasteiger partial charge in [0.25, 0.3) is 11.8 Å². The Bertz CT molecular complexity index is 1180. The molecule has 0 spiro atoms. The van der Waals surface area contributed by atoms with E-state index in [1.165, 1.54) is 4.90 Å². The van der Waals surface area contributed by atoms with Gasteiger partial charge in [-0.05, 0) is 48.7 Å². The summed E-state index contributed by atoms with van der Waals surface area (Å²) in [5.41, 5.74) is 3.48. The number of aryl methyl sites for hydroxylation is 2. The molecule has 3 amide bonds. The van der Waals surface area contributed by atoms with Crippen molar-refractivity contribution in [1.29, 1.82) is 0 Å². The Balaban J connectivity index is 1.12. The lowest BCUT2D eigenvalue weighted by molar-refractivity contribution is -0.116. The number of hydrogen-bond acceptors (Lipinski definition) is 6. The van der Waals surface area contributed by atoms with Crippen molar-refractivity contribution in [2.24, 2.45) is 0 Å². The highest BCUT2D eigenvalue weighted by Crippen LogP contribution is 2.27. The molecule has 0 bridgehead atoms. The molecule has 32 heavy (non-hydrogen) atoms. The zero-order valence-corrected chi connectivity index (χ0v) is 17.3. The van der Waals surface area contributed by atoms with E-state index in [1.54, 1.807) is 35.1 Å². The molecule has 1 N–H and O–H groups in total. The molecule has 0 aliphatic carbocycles. The number of amides is 3. The Morgan fingerprint density at radius 2 is 1.75 bits per heavy atom. The summed E-state index contributed by atoms with van der Waals surface area (Å²) in [6.45, 7) is 1.12. The highest BCUT2D eigenvalue weighted by molar-refractivity contribution is 6.21. The topological polar surface area (TPSA) is 106 Å². The molecule has 5 rings (SSSR count). The SMILES string of the molecule is O=C1CCc2cc(OCc3cn(CCCN4C(=O)c5ccccc5C4=O)nn3)ccc2N1. The number of benzene rings is 2. The normalized spacial score (nSPS) is 14.9. The lowest BCUT2D eigenvalue weighted by Gasteiger charge is -2.17. The van der Waals surface area contributed by atoms with Gasteiger partial charge in [-0.3, -0.25) is 24.0 Å². The van der Waals surface area contributed by atoms with Crippen molar-refractivity contribution in [2.45, 2.75) is 32.4 Å². The average molecular weight is 431 g/mol. The number of nitrogens with zero attached hydrogens (tertiary/aromatic N) is 4. The molecule has 2 aliphatic rings.